The van der Waals surface area contributed by atoms with Crippen molar-refractivity contribution in [2.24, 2.45) is 0 Å². The Morgan fingerprint density at radius 2 is 1.00 bits per heavy atom. The molecule has 53 heavy (non-hydrogen) atoms. The van der Waals surface area contributed by atoms with Crippen LogP contribution < -0.4 is 4.90 Å². The van der Waals surface area contributed by atoms with Gasteiger partial charge in [0.25, 0.3) is 5.69 Å². The van der Waals surface area contributed by atoms with Gasteiger partial charge in [0.15, 0.2) is 0 Å². The summed E-state index contributed by atoms with van der Waals surface area (Å²) in [6.45, 7) is 0. The summed E-state index contributed by atoms with van der Waals surface area (Å²) in [5.74, 6) is 0.820. The molecule has 0 N–H and O–H groups in total. The fourth-order valence-corrected chi connectivity index (χ4v) is 8.67. The van der Waals surface area contributed by atoms with Gasteiger partial charge in [0, 0.05) is 11.6 Å². The highest BCUT2D eigenvalue weighted by Crippen LogP contribution is 2.64. The molecule has 0 saturated heterocycles. The number of nitro groups is 1. The molecule has 10 rings (SSSR count). The molecule has 0 bridgehead atoms. The summed E-state index contributed by atoms with van der Waals surface area (Å²) in [7, 11) is 0. The third kappa shape index (κ3) is 4.54. The Morgan fingerprint density at radius 1 is 0.472 bits per heavy atom. The second-order valence-corrected chi connectivity index (χ2v) is 13.5. The minimum absolute atomic E-state index is 0.0912. The van der Waals surface area contributed by atoms with Crippen LogP contribution in [0.1, 0.15) is 22.3 Å². The third-order valence-electron chi connectivity index (χ3n) is 10.8. The van der Waals surface area contributed by atoms with Gasteiger partial charge in [-0.1, -0.05) is 152 Å². The summed E-state index contributed by atoms with van der Waals surface area (Å²) in [6, 6.07) is 64.3. The molecule has 0 fully saturated rings. The number of pyridine rings is 1. The lowest BCUT2D eigenvalue weighted by atomic mass is 9.64. The molecule has 1 aromatic heterocycles. The number of rotatable bonds is 5. The number of benzene rings is 7. The average molecular weight is 682 g/mol. The van der Waals surface area contributed by atoms with Gasteiger partial charge in [-0.3, -0.25) is 15.0 Å². The van der Waals surface area contributed by atoms with E-state index in [1.807, 2.05) is 36.4 Å². The van der Waals surface area contributed by atoms with Gasteiger partial charge in [0.2, 0.25) is 0 Å². The van der Waals surface area contributed by atoms with Gasteiger partial charge in [-0.25, -0.2) is 4.98 Å². The molecular formula is C48H31N3O2. The van der Waals surface area contributed by atoms with E-state index >= 15 is 0 Å². The summed E-state index contributed by atoms with van der Waals surface area (Å²) < 4.78 is 0. The summed E-state index contributed by atoms with van der Waals surface area (Å²) in [5, 5.41) is 12.4. The molecule has 0 amide bonds. The smallest absolute Gasteiger partial charge is 0.277 e. The molecule has 0 radical (unpaired) electrons. The maximum absolute atomic E-state index is 12.4. The topological polar surface area (TPSA) is 59.3 Å². The fourth-order valence-electron chi connectivity index (χ4n) is 8.67. The molecule has 250 valence electrons. The van der Waals surface area contributed by atoms with E-state index in [1.165, 1.54) is 0 Å². The monoisotopic (exact) mass is 681 g/mol. The highest BCUT2D eigenvalue weighted by Gasteiger charge is 2.52. The van der Waals surface area contributed by atoms with Gasteiger partial charge in [0.05, 0.1) is 33.0 Å². The summed E-state index contributed by atoms with van der Waals surface area (Å²) in [4.78, 5) is 19.8. The molecule has 2 aliphatic rings. The standard InChI is InChI=1S/C48H31N3O2/c52-51(53)43-27-12-8-20-35(43)36-22-15-26-41-47(36)37-21-7-9-23-38(37)48(41)39-24-10-13-28-44(39)50(45-29-14-11-25-40(45)48)46-31-34(32-16-3-1-4-17-32)30-42(49-46)33-18-5-2-6-19-33/h1-31H. The van der Waals surface area contributed by atoms with Crippen molar-refractivity contribution in [3.05, 3.63) is 220 Å². The van der Waals surface area contributed by atoms with E-state index in [9.17, 15) is 10.1 Å². The van der Waals surface area contributed by atoms with Crippen LogP contribution in [-0.4, -0.2) is 9.91 Å². The molecule has 1 spiro atoms. The molecule has 5 nitrogen and oxygen atoms in total. The average Bonchev–Trinajstić information content (AvgIpc) is 3.52. The minimum Gasteiger partial charge on any atom is -0.294 e. The van der Waals surface area contributed by atoms with Crippen LogP contribution in [0.2, 0.25) is 0 Å². The SMILES string of the molecule is O=[N+]([O-])c1ccccc1-c1cccc2c1-c1ccccc1C21c2ccccc2N(c2cc(-c3ccccc3)cc(-c3ccccc3)n2)c2ccccc21. The van der Waals surface area contributed by atoms with E-state index < -0.39 is 5.41 Å². The Hall–Kier alpha value is -7.11. The summed E-state index contributed by atoms with van der Waals surface area (Å²) in [5.41, 5.74) is 13.6. The number of fused-ring (bicyclic) bond motifs is 9. The number of nitro benzene ring substituents is 1. The van der Waals surface area contributed by atoms with E-state index in [4.69, 9.17) is 4.98 Å². The van der Waals surface area contributed by atoms with Gasteiger partial charge in [-0.05, 0) is 80.4 Å². The summed E-state index contributed by atoms with van der Waals surface area (Å²) >= 11 is 0. The zero-order valence-corrected chi connectivity index (χ0v) is 28.6. The first kappa shape index (κ1) is 30.7. The number of hydrogen-bond acceptors (Lipinski definition) is 4. The zero-order chi connectivity index (χ0) is 35.5. The Bertz CT molecular complexity index is 2620. The van der Waals surface area contributed by atoms with Crippen molar-refractivity contribution < 1.29 is 4.92 Å². The molecule has 7 aromatic carbocycles. The zero-order valence-electron chi connectivity index (χ0n) is 28.6. The van der Waals surface area contributed by atoms with Crippen molar-refractivity contribution in [3.63, 3.8) is 0 Å². The van der Waals surface area contributed by atoms with Crippen LogP contribution in [0.4, 0.5) is 22.9 Å². The summed E-state index contributed by atoms with van der Waals surface area (Å²) in [6.07, 6.45) is 0. The van der Waals surface area contributed by atoms with Crippen molar-refractivity contribution in [1.82, 2.24) is 4.98 Å². The first-order valence-electron chi connectivity index (χ1n) is 17.7. The third-order valence-corrected chi connectivity index (χ3v) is 10.8. The normalized spacial score (nSPS) is 13.2. The molecule has 0 unspecified atom stereocenters. The van der Waals surface area contributed by atoms with Crippen LogP contribution in [0.3, 0.4) is 0 Å². The molecule has 1 aliphatic heterocycles. The largest absolute Gasteiger partial charge is 0.294 e. The van der Waals surface area contributed by atoms with E-state index in [0.29, 0.717) is 5.56 Å². The highest BCUT2D eigenvalue weighted by atomic mass is 16.6. The molecule has 0 saturated carbocycles. The van der Waals surface area contributed by atoms with E-state index in [1.54, 1.807) is 12.1 Å². The van der Waals surface area contributed by atoms with Crippen LogP contribution in [0.25, 0.3) is 44.6 Å². The van der Waals surface area contributed by atoms with Crippen LogP contribution >= 0.6 is 0 Å². The number of anilines is 3. The van der Waals surface area contributed by atoms with Crippen molar-refractivity contribution in [2.45, 2.75) is 5.41 Å². The van der Waals surface area contributed by atoms with E-state index in [-0.39, 0.29) is 10.6 Å². The molecule has 2 heterocycles. The predicted octanol–water partition coefficient (Wildman–Crippen LogP) is 12.1. The van der Waals surface area contributed by atoms with Crippen LogP contribution in [-0.2, 0) is 5.41 Å². The van der Waals surface area contributed by atoms with Crippen molar-refractivity contribution >= 4 is 22.9 Å². The maximum atomic E-state index is 12.4. The number of nitrogens with zero attached hydrogens (tertiary/aromatic N) is 3. The molecular weight excluding hydrogens is 651 g/mol. The van der Waals surface area contributed by atoms with Crippen molar-refractivity contribution in [2.75, 3.05) is 4.90 Å². The predicted molar refractivity (Wildman–Crippen MR) is 213 cm³/mol. The Labute approximate surface area is 307 Å². The van der Waals surface area contributed by atoms with Gasteiger partial charge < -0.3 is 0 Å². The van der Waals surface area contributed by atoms with Crippen molar-refractivity contribution in [1.29, 1.82) is 0 Å². The maximum Gasteiger partial charge on any atom is 0.277 e. The Morgan fingerprint density at radius 3 is 1.68 bits per heavy atom. The second-order valence-electron chi connectivity index (χ2n) is 13.5. The second kappa shape index (κ2) is 12.0. The van der Waals surface area contributed by atoms with Gasteiger partial charge in [-0.15, -0.1) is 0 Å². The minimum atomic E-state index is -0.700. The number of aromatic nitrogens is 1. The lowest BCUT2D eigenvalue weighted by Crippen LogP contribution is -2.36. The lowest BCUT2D eigenvalue weighted by Gasteiger charge is -2.44. The Balaban J connectivity index is 1.28. The van der Waals surface area contributed by atoms with Crippen LogP contribution in [0, 0.1) is 10.1 Å². The van der Waals surface area contributed by atoms with E-state index in [2.05, 4.69) is 144 Å². The molecule has 8 aromatic rings. The Kier molecular flexibility index (Phi) is 6.95. The fraction of sp³-hybridized carbons (Fsp3) is 0.0208. The van der Waals surface area contributed by atoms with Gasteiger partial charge >= 0.3 is 0 Å². The lowest BCUT2D eigenvalue weighted by molar-refractivity contribution is -0.384. The molecule has 0 atom stereocenters. The quantitative estimate of drug-likeness (QED) is 0.134. The first-order chi connectivity index (χ1) is 26.1. The van der Waals surface area contributed by atoms with Gasteiger partial charge in [-0.2, -0.15) is 0 Å². The number of para-hydroxylation sites is 3. The van der Waals surface area contributed by atoms with Crippen LogP contribution in [0.5, 0.6) is 0 Å². The number of hydrogen-bond donors (Lipinski definition) is 0. The molecule has 5 heteroatoms. The first-order valence-corrected chi connectivity index (χ1v) is 17.7. The highest BCUT2D eigenvalue weighted by molar-refractivity contribution is 6.01. The molecule has 1 aliphatic carbocycles. The van der Waals surface area contributed by atoms with Gasteiger partial charge in [0.1, 0.15) is 5.82 Å². The van der Waals surface area contributed by atoms with E-state index in [0.717, 1.165) is 78.5 Å². The van der Waals surface area contributed by atoms with Crippen LogP contribution in [0.15, 0.2) is 188 Å². The van der Waals surface area contributed by atoms with Crippen molar-refractivity contribution in [3.8, 4) is 44.6 Å².